The van der Waals surface area contributed by atoms with E-state index in [1.54, 1.807) is 0 Å². The highest BCUT2D eigenvalue weighted by molar-refractivity contribution is 5.79. The first-order chi connectivity index (χ1) is 13.0. The summed E-state index contributed by atoms with van der Waals surface area (Å²) in [5.74, 6) is 1.86. The Morgan fingerprint density at radius 1 is 1.11 bits per heavy atom. The van der Waals surface area contributed by atoms with E-state index in [9.17, 15) is 0 Å². The summed E-state index contributed by atoms with van der Waals surface area (Å²) >= 11 is 0. The molecule has 0 spiro atoms. The lowest BCUT2D eigenvalue weighted by atomic mass is 10.1. The molecule has 3 rings (SSSR count). The van der Waals surface area contributed by atoms with Gasteiger partial charge in [0.1, 0.15) is 17.3 Å². The smallest absolute Gasteiger partial charge is 0.125 e. The number of nitrogens with one attached hydrogen (secondary N) is 1. The van der Waals surface area contributed by atoms with Crippen LogP contribution in [0, 0.1) is 13.8 Å². The van der Waals surface area contributed by atoms with Crippen LogP contribution in [0.2, 0.25) is 0 Å². The number of rotatable bonds is 5. The molecule has 1 aromatic heterocycles. The number of aryl methyl sites for hydroxylation is 1. The van der Waals surface area contributed by atoms with Gasteiger partial charge in [0.15, 0.2) is 0 Å². The fourth-order valence-electron chi connectivity index (χ4n) is 3.43. The molecule has 1 aliphatic heterocycles. The van der Waals surface area contributed by atoms with Crippen molar-refractivity contribution in [1.82, 2.24) is 24.7 Å². The molecule has 0 unspecified atom stereocenters. The Hall–Kier alpha value is -2.34. The lowest BCUT2D eigenvalue weighted by Gasteiger charge is -2.36. The molecule has 1 fully saturated rings. The monoisotopic (exact) mass is 368 g/mol. The van der Waals surface area contributed by atoms with Gasteiger partial charge in [-0.2, -0.15) is 0 Å². The van der Waals surface area contributed by atoms with Crippen LogP contribution < -0.4 is 5.32 Å². The van der Waals surface area contributed by atoms with E-state index in [2.05, 4.69) is 55.8 Å². The van der Waals surface area contributed by atoms with Gasteiger partial charge in [-0.3, -0.25) is 0 Å². The number of aromatic nitrogens is 2. The summed E-state index contributed by atoms with van der Waals surface area (Å²) in [7, 11) is 4.22. The van der Waals surface area contributed by atoms with Crippen LogP contribution in [0.1, 0.15) is 37.0 Å². The van der Waals surface area contributed by atoms with Crippen LogP contribution in [-0.2, 0) is 7.05 Å². The zero-order valence-corrected chi connectivity index (χ0v) is 17.3. The van der Waals surface area contributed by atoms with Gasteiger partial charge in [-0.1, -0.05) is 0 Å². The van der Waals surface area contributed by atoms with Crippen molar-refractivity contribution in [2.75, 3.05) is 33.2 Å². The summed E-state index contributed by atoms with van der Waals surface area (Å²) in [6.07, 6.45) is 10.4. The van der Waals surface area contributed by atoms with Crippen molar-refractivity contribution >= 4 is 6.21 Å². The van der Waals surface area contributed by atoms with Crippen LogP contribution in [0.5, 0.6) is 0 Å². The highest BCUT2D eigenvalue weighted by Crippen LogP contribution is 2.22. The maximum Gasteiger partial charge on any atom is 0.125 e. The highest BCUT2D eigenvalue weighted by atomic mass is 15.3. The Morgan fingerprint density at radius 2 is 1.85 bits per heavy atom. The molecular formula is C21H32N6. The van der Waals surface area contributed by atoms with Crippen molar-refractivity contribution in [2.24, 2.45) is 12.0 Å². The Bertz CT molecular complexity index is 788. The second-order valence-electron chi connectivity index (χ2n) is 7.39. The molecular weight excluding hydrogens is 336 g/mol. The molecule has 0 atom stereocenters. The molecule has 6 nitrogen and oxygen atoms in total. The Labute approximate surface area is 163 Å². The number of hydrogen-bond acceptors (Lipinski definition) is 5. The van der Waals surface area contributed by atoms with E-state index in [0.717, 1.165) is 62.1 Å². The summed E-state index contributed by atoms with van der Waals surface area (Å²) in [5.41, 5.74) is 4.72. The Balaban J connectivity index is 1.62. The lowest BCUT2D eigenvalue weighted by molar-refractivity contribution is 0.182. The maximum absolute atomic E-state index is 4.61. The first kappa shape index (κ1) is 19.4. The topological polar surface area (TPSA) is 48.7 Å². The van der Waals surface area contributed by atoms with Crippen LogP contribution in [0.3, 0.4) is 0 Å². The fourth-order valence-corrected chi connectivity index (χ4v) is 3.43. The molecule has 1 N–H and O–H groups in total. The van der Waals surface area contributed by atoms with Crippen molar-refractivity contribution in [3.05, 3.63) is 52.7 Å². The number of hydrogen-bond donors (Lipinski definition) is 1. The van der Waals surface area contributed by atoms with Gasteiger partial charge in [-0.15, -0.1) is 0 Å². The first-order valence-corrected chi connectivity index (χ1v) is 9.78. The summed E-state index contributed by atoms with van der Waals surface area (Å²) in [6, 6.07) is 0. The van der Waals surface area contributed by atoms with Gasteiger partial charge in [0, 0.05) is 50.3 Å². The average molecular weight is 369 g/mol. The van der Waals surface area contributed by atoms with Gasteiger partial charge in [-0.05, 0) is 58.9 Å². The third-order valence-electron chi connectivity index (χ3n) is 5.57. The summed E-state index contributed by atoms with van der Waals surface area (Å²) in [5, 5.41) is 3.47. The fraction of sp³-hybridized carbons (Fsp3) is 0.524. The normalized spacial score (nSPS) is 19.4. The molecule has 2 heterocycles. The second kappa shape index (κ2) is 8.57. The van der Waals surface area contributed by atoms with Gasteiger partial charge in [0.25, 0.3) is 0 Å². The molecule has 0 saturated carbocycles. The van der Waals surface area contributed by atoms with Gasteiger partial charge < -0.3 is 19.7 Å². The van der Waals surface area contributed by atoms with E-state index in [1.165, 1.54) is 11.4 Å². The molecule has 0 radical (unpaired) electrons. The van der Waals surface area contributed by atoms with Crippen molar-refractivity contribution in [2.45, 2.75) is 33.6 Å². The molecule has 27 heavy (non-hydrogen) atoms. The number of nitrogens with zero attached hydrogens (tertiary/aromatic N) is 5. The lowest BCUT2D eigenvalue weighted by Crippen LogP contribution is -2.44. The van der Waals surface area contributed by atoms with E-state index in [1.807, 2.05) is 33.2 Å². The number of imidazole rings is 1. The standard InChI is InChI=1S/C21H32N6/c1-6-21(22-15-20-16(2)26(5)17(3)23-20)24-18-7-9-19(10-8-18)27-13-11-25(4)12-14-27/h6-7,9,15,24H,8,10-14H2,1-5H3/b21-6-,22-15?. The maximum atomic E-state index is 4.61. The minimum absolute atomic E-state index is 0.861. The molecule has 0 amide bonds. The molecule has 146 valence electrons. The molecule has 1 aromatic rings. The van der Waals surface area contributed by atoms with Gasteiger partial charge in [0.05, 0.1) is 6.21 Å². The van der Waals surface area contributed by atoms with E-state index >= 15 is 0 Å². The third-order valence-corrected chi connectivity index (χ3v) is 5.57. The summed E-state index contributed by atoms with van der Waals surface area (Å²) in [6.45, 7) is 10.6. The molecule has 0 bridgehead atoms. The van der Waals surface area contributed by atoms with Gasteiger partial charge in [-0.25, -0.2) is 9.98 Å². The van der Waals surface area contributed by atoms with E-state index in [-0.39, 0.29) is 0 Å². The quantitative estimate of drug-likeness (QED) is 0.812. The SMILES string of the molecule is C/C=C(/N=Cc1nc(C)n(C)c1C)NC1=CC=C(N2CCN(C)CC2)CC1. The van der Waals surface area contributed by atoms with Crippen LogP contribution >= 0.6 is 0 Å². The summed E-state index contributed by atoms with van der Waals surface area (Å²) < 4.78 is 2.08. The zero-order chi connectivity index (χ0) is 19.4. The number of allylic oxidation sites excluding steroid dienone is 5. The Morgan fingerprint density at radius 3 is 2.41 bits per heavy atom. The number of piperazine rings is 1. The van der Waals surface area contributed by atoms with Gasteiger partial charge >= 0.3 is 0 Å². The molecule has 2 aliphatic rings. The Kier molecular flexibility index (Phi) is 6.16. The van der Waals surface area contributed by atoms with Crippen molar-refractivity contribution in [3.8, 4) is 0 Å². The largest absolute Gasteiger partial charge is 0.372 e. The highest BCUT2D eigenvalue weighted by Gasteiger charge is 2.18. The number of aliphatic imine (C=N–C) groups is 1. The average Bonchev–Trinajstić information content (AvgIpc) is 2.93. The van der Waals surface area contributed by atoms with Crippen molar-refractivity contribution < 1.29 is 0 Å². The first-order valence-electron chi connectivity index (χ1n) is 9.78. The minimum Gasteiger partial charge on any atom is -0.372 e. The summed E-state index contributed by atoms with van der Waals surface area (Å²) in [4.78, 5) is 14.1. The van der Waals surface area contributed by atoms with Crippen molar-refractivity contribution in [1.29, 1.82) is 0 Å². The van der Waals surface area contributed by atoms with Crippen molar-refractivity contribution in [3.63, 3.8) is 0 Å². The zero-order valence-electron chi connectivity index (χ0n) is 17.3. The number of likely N-dealkylation sites (N-methyl/N-ethyl adjacent to an activating group) is 1. The molecule has 0 aromatic carbocycles. The van der Waals surface area contributed by atoms with E-state index in [0.29, 0.717) is 0 Å². The van der Waals surface area contributed by atoms with Crippen LogP contribution in [-0.4, -0.2) is 58.8 Å². The third kappa shape index (κ3) is 4.69. The second-order valence-corrected chi connectivity index (χ2v) is 7.39. The molecule has 1 aliphatic carbocycles. The molecule has 1 saturated heterocycles. The van der Waals surface area contributed by atoms with Crippen LogP contribution in [0.15, 0.2) is 40.4 Å². The minimum atomic E-state index is 0.861. The predicted octanol–water partition coefficient (Wildman–Crippen LogP) is 2.72. The molecule has 6 heteroatoms. The van der Waals surface area contributed by atoms with E-state index in [4.69, 9.17) is 0 Å². The van der Waals surface area contributed by atoms with Crippen LogP contribution in [0.4, 0.5) is 0 Å². The van der Waals surface area contributed by atoms with Gasteiger partial charge in [0.2, 0.25) is 0 Å². The predicted molar refractivity (Wildman–Crippen MR) is 112 cm³/mol. The van der Waals surface area contributed by atoms with Crippen LogP contribution in [0.25, 0.3) is 0 Å². The van der Waals surface area contributed by atoms with E-state index < -0.39 is 0 Å².